The van der Waals surface area contributed by atoms with Crippen molar-refractivity contribution in [2.24, 2.45) is 5.10 Å². The van der Waals surface area contributed by atoms with E-state index in [2.05, 4.69) is 20.5 Å². The number of thioether (sulfide) groups is 1. The van der Waals surface area contributed by atoms with Crippen molar-refractivity contribution in [1.82, 2.24) is 15.4 Å². The van der Waals surface area contributed by atoms with Gasteiger partial charge in [-0.3, -0.25) is 4.79 Å². The number of aromatic amines is 1. The lowest BCUT2D eigenvalue weighted by Gasteiger charge is -2.14. The minimum Gasteiger partial charge on any atom is -0.490 e. The zero-order chi connectivity index (χ0) is 20.6. The number of para-hydroxylation sites is 2. The Morgan fingerprint density at radius 1 is 1.28 bits per heavy atom. The summed E-state index contributed by atoms with van der Waals surface area (Å²) >= 11 is 1.33. The smallest absolute Gasteiger partial charge is 0.250 e. The molecule has 0 saturated heterocycles. The molecule has 8 heteroatoms. The summed E-state index contributed by atoms with van der Waals surface area (Å²) in [5, 5.41) is 4.72. The van der Waals surface area contributed by atoms with Gasteiger partial charge in [0.05, 0.1) is 35.7 Å². The third-order valence-electron chi connectivity index (χ3n) is 3.74. The number of nitrogens with zero attached hydrogens (tertiary/aromatic N) is 2. The third kappa shape index (κ3) is 5.99. The van der Waals surface area contributed by atoms with Crippen LogP contribution in [0.3, 0.4) is 0 Å². The van der Waals surface area contributed by atoms with E-state index in [0.29, 0.717) is 23.3 Å². The van der Waals surface area contributed by atoms with E-state index in [0.717, 1.165) is 16.6 Å². The van der Waals surface area contributed by atoms with E-state index in [1.807, 2.05) is 63.2 Å². The van der Waals surface area contributed by atoms with Crippen LogP contribution < -0.4 is 14.9 Å². The molecule has 0 radical (unpaired) electrons. The molecule has 2 N–H and O–H groups in total. The molecule has 0 saturated carbocycles. The van der Waals surface area contributed by atoms with E-state index < -0.39 is 0 Å². The minimum atomic E-state index is -0.212. The zero-order valence-corrected chi connectivity index (χ0v) is 17.5. The molecule has 0 atom stereocenters. The Labute approximate surface area is 173 Å². The van der Waals surface area contributed by atoms with Gasteiger partial charge in [-0.15, -0.1) is 0 Å². The van der Waals surface area contributed by atoms with Crippen molar-refractivity contribution in [2.75, 3.05) is 12.4 Å². The standard InChI is InChI=1S/C21H24N4O3S/c1-4-27-19-11-15(9-10-18(19)28-14(2)3)12-22-25-20(26)13-29-21-23-16-7-5-6-8-17(16)24-21/h5-12,14H,4,13H2,1-3H3,(H,23,24)(H,25,26)/b22-12+. The van der Waals surface area contributed by atoms with Crippen molar-refractivity contribution >= 4 is 34.9 Å². The van der Waals surface area contributed by atoms with E-state index in [1.54, 1.807) is 6.21 Å². The SMILES string of the molecule is CCOc1cc(/C=N/NC(=O)CSc2nc3ccccc3[nH]2)ccc1OC(C)C. The van der Waals surface area contributed by atoms with Gasteiger partial charge in [0.1, 0.15) is 0 Å². The summed E-state index contributed by atoms with van der Waals surface area (Å²) in [6.45, 7) is 6.37. The number of benzene rings is 2. The van der Waals surface area contributed by atoms with Crippen LogP contribution in [0.25, 0.3) is 11.0 Å². The van der Waals surface area contributed by atoms with Crippen molar-refractivity contribution < 1.29 is 14.3 Å². The summed E-state index contributed by atoms with van der Waals surface area (Å²) < 4.78 is 11.4. The molecule has 7 nitrogen and oxygen atoms in total. The number of nitrogens with one attached hydrogen (secondary N) is 2. The second-order valence-corrected chi connectivity index (χ2v) is 7.41. The lowest BCUT2D eigenvalue weighted by Crippen LogP contribution is -2.19. The average molecular weight is 413 g/mol. The molecule has 1 aromatic heterocycles. The van der Waals surface area contributed by atoms with Gasteiger partial charge < -0.3 is 14.5 Å². The van der Waals surface area contributed by atoms with Gasteiger partial charge in [-0.1, -0.05) is 23.9 Å². The quantitative estimate of drug-likeness (QED) is 0.315. The molecule has 3 rings (SSSR count). The van der Waals surface area contributed by atoms with Gasteiger partial charge in [0.25, 0.3) is 5.91 Å². The van der Waals surface area contributed by atoms with Gasteiger partial charge in [-0.25, -0.2) is 10.4 Å². The predicted molar refractivity (Wildman–Crippen MR) is 116 cm³/mol. The van der Waals surface area contributed by atoms with Crippen LogP contribution in [0.5, 0.6) is 11.5 Å². The maximum atomic E-state index is 12.0. The first-order chi connectivity index (χ1) is 14.0. The number of H-pyrrole nitrogens is 1. The maximum Gasteiger partial charge on any atom is 0.250 e. The van der Waals surface area contributed by atoms with E-state index in [1.165, 1.54) is 11.8 Å². The van der Waals surface area contributed by atoms with E-state index in [4.69, 9.17) is 9.47 Å². The molecule has 1 amide bonds. The van der Waals surface area contributed by atoms with Crippen molar-refractivity contribution in [1.29, 1.82) is 0 Å². The second kappa shape index (κ2) is 9.97. The average Bonchev–Trinajstić information content (AvgIpc) is 3.11. The number of fused-ring (bicyclic) bond motifs is 1. The van der Waals surface area contributed by atoms with Crippen LogP contribution in [0.2, 0.25) is 0 Å². The largest absolute Gasteiger partial charge is 0.490 e. The molecule has 0 spiro atoms. The van der Waals surface area contributed by atoms with E-state index in [-0.39, 0.29) is 17.8 Å². The van der Waals surface area contributed by atoms with Crippen molar-refractivity contribution in [3.8, 4) is 11.5 Å². The normalized spacial score (nSPS) is 11.3. The highest BCUT2D eigenvalue weighted by atomic mass is 32.2. The number of carbonyl (C=O) groups is 1. The second-order valence-electron chi connectivity index (χ2n) is 6.45. The summed E-state index contributed by atoms with van der Waals surface area (Å²) in [5.74, 6) is 1.33. The van der Waals surface area contributed by atoms with Crippen LogP contribution in [-0.4, -0.2) is 40.6 Å². The summed E-state index contributed by atoms with van der Waals surface area (Å²) in [5.41, 5.74) is 5.16. The number of ether oxygens (including phenoxy) is 2. The fourth-order valence-electron chi connectivity index (χ4n) is 2.57. The summed E-state index contributed by atoms with van der Waals surface area (Å²) in [6.07, 6.45) is 1.63. The van der Waals surface area contributed by atoms with Gasteiger partial charge in [0, 0.05) is 0 Å². The Morgan fingerprint density at radius 3 is 2.86 bits per heavy atom. The molecule has 152 valence electrons. The van der Waals surface area contributed by atoms with Gasteiger partial charge >= 0.3 is 0 Å². The number of hydrogen-bond acceptors (Lipinski definition) is 6. The zero-order valence-electron chi connectivity index (χ0n) is 16.6. The van der Waals surface area contributed by atoms with Crippen LogP contribution in [-0.2, 0) is 4.79 Å². The fourth-order valence-corrected chi connectivity index (χ4v) is 3.24. The third-order valence-corrected chi connectivity index (χ3v) is 4.61. The molecule has 0 bridgehead atoms. The summed E-state index contributed by atoms with van der Waals surface area (Å²) in [4.78, 5) is 19.6. The molecule has 0 aliphatic carbocycles. The molecule has 2 aromatic carbocycles. The lowest BCUT2D eigenvalue weighted by molar-refractivity contribution is -0.118. The number of hydrazone groups is 1. The molecule has 0 aliphatic heterocycles. The highest BCUT2D eigenvalue weighted by Gasteiger charge is 2.08. The molecule has 29 heavy (non-hydrogen) atoms. The Kier molecular flexibility index (Phi) is 7.13. The number of imidazole rings is 1. The molecular formula is C21H24N4O3S. The van der Waals surface area contributed by atoms with Crippen LogP contribution in [0, 0.1) is 0 Å². The highest BCUT2D eigenvalue weighted by Crippen LogP contribution is 2.29. The molecule has 1 heterocycles. The molecular weight excluding hydrogens is 388 g/mol. The first kappa shape index (κ1) is 20.7. The molecule has 3 aromatic rings. The van der Waals surface area contributed by atoms with Gasteiger partial charge in [0.15, 0.2) is 16.7 Å². The molecule has 0 unspecified atom stereocenters. The number of carbonyl (C=O) groups excluding carboxylic acids is 1. The first-order valence-electron chi connectivity index (χ1n) is 9.38. The Hall–Kier alpha value is -3.00. The number of hydrogen-bond donors (Lipinski definition) is 2. The van der Waals surface area contributed by atoms with Crippen molar-refractivity contribution in [3.05, 3.63) is 48.0 Å². The van der Waals surface area contributed by atoms with E-state index >= 15 is 0 Å². The lowest BCUT2D eigenvalue weighted by atomic mass is 10.2. The number of rotatable bonds is 9. The van der Waals surface area contributed by atoms with E-state index in [9.17, 15) is 4.79 Å². The van der Waals surface area contributed by atoms with Crippen molar-refractivity contribution in [2.45, 2.75) is 32.0 Å². The monoisotopic (exact) mass is 412 g/mol. The van der Waals surface area contributed by atoms with Crippen molar-refractivity contribution in [3.63, 3.8) is 0 Å². The van der Waals surface area contributed by atoms with Gasteiger partial charge in [-0.05, 0) is 56.7 Å². The van der Waals surface area contributed by atoms with Crippen LogP contribution >= 0.6 is 11.8 Å². The number of aromatic nitrogens is 2. The Bertz CT molecular complexity index is 968. The topological polar surface area (TPSA) is 88.6 Å². The van der Waals surface area contributed by atoms with Gasteiger partial charge in [-0.2, -0.15) is 5.10 Å². The number of amides is 1. The van der Waals surface area contributed by atoms with Crippen LogP contribution in [0.15, 0.2) is 52.7 Å². The summed E-state index contributed by atoms with van der Waals surface area (Å²) in [6, 6.07) is 13.3. The Balaban J connectivity index is 1.54. The summed E-state index contributed by atoms with van der Waals surface area (Å²) in [7, 11) is 0. The predicted octanol–water partition coefficient (Wildman–Crippen LogP) is 3.99. The Morgan fingerprint density at radius 2 is 2.10 bits per heavy atom. The first-order valence-corrected chi connectivity index (χ1v) is 10.4. The van der Waals surface area contributed by atoms with Crippen LogP contribution in [0.4, 0.5) is 0 Å². The van der Waals surface area contributed by atoms with Crippen LogP contribution in [0.1, 0.15) is 26.3 Å². The molecule has 0 fully saturated rings. The van der Waals surface area contributed by atoms with Gasteiger partial charge in [0.2, 0.25) is 0 Å². The minimum absolute atomic E-state index is 0.0530. The fraction of sp³-hybridized carbons (Fsp3) is 0.286. The maximum absolute atomic E-state index is 12.0. The highest BCUT2D eigenvalue weighted by molar-refractivity contribution is 7.99. The molecule has 0 aliphatic rings.